The molecule has 2 aromatic carbocycles. The van der Waals surface area contributed by atoms with Crippen molar-refractivity contribution in [2.75, 3.05) is 11.9 Å². The quantitative estimate of drug-likeness (QED) is 0.571. The fraction of sp³-hybridized carbons (Fsp3) is 0.370. The number of carbonyl (C=O) groups is 2. The Hall–Kier alpha value is -3.25. The Morgan fingerprint density at radius 1 is 1.06 bits per heavy atom. The average molecular weight is 446 g/mol. The van der Waals surface area contributed by atoms with Gasteiger partial charge >= 0.3 is 5.97 Å². The topological polar surface area (TPSA) is 71.5 Å². The average Bonchev–Trinajstić information content (AvgIpc) is 2.79. The molecule has 6 nitrogen and oxygen atoms in total. The number of aryl methyl sites for hydroxylation is 2. The number of amides is 1. The predicted molar refractivity (Wildman–Crippen MR) is 130 cm³/mol. The molecule has 1 atom stereocenters. The van der Waals surface area contributed by atoms with Crippen molar-refractivity contribution < 1.29 is 14.3 Å². The van der Waals surface area contributed by atoms with E-state index in [2.05, 4.69) is 24.1 Å². The highest BCUT2D eigenvalue weighted by molar-refractivity contribution is 6.06. The number of ether oxygens (including phenoxy) is 1. The molecule has 6 heteroatoms. The number of nitrogens with zero attached hydrogens (tertiary/aromatic N) is 2. The lowest BCUT2D eigenvalue weighted by molar-refractivity contribution is -0.123. The summed E-state index contributed by atoms with van der Waals surface area (Å²) in [6, 6.07) is 13.7. The van der Waals surface area contributed by atoms with Crippen molar-refractivity contribution >= 4 is 28.5 Å². The second kappa shape index (κ2) is 9.32. The molecule has 33 heavy (non-hydrogen) atoms. The molecule has 0 fully saturated rings. The molecule has 172 valence electrons. The van der Waals surface area contributed by atoms with Gasteiger partial charge in [-0.25, -0.2) is 4.79 Å². The van der Waals surface area contributed by atoms with Crippen molar-refractivity contribution in [2.24, 2.45) is 0 Å². The zero-order chi connectivity index (χ0) is 23.7. The first-order valence-electron chi connectivity index (χ1n) is 11.5. The summed E-state index contributed by atoms with van der Waals surface area (Å²) < 4.78 is 5.70. The number of nitrogens with one attached hydrogen (secondary N) is 1. The van der Waals surface area contributed by atoms with Gasteiger partial charge in [-0.1, -0.05) is 24.3 Å². The Bertz CT molecular complexity index is 1220. The lowest BCUT2D eigenvalue weighted by atomic mass is 9.95. The zero-order valence-electron chi connectivity index (χ0n) is 19.9. The molecule has 1 unspecified atom stereocenters. The van der Waals surface area contributed by atoms with Gasteiger partial charge in [-0.2, -0.15) is 0 Å². The van der Waals surface area contributed by atoms with Crippen LogP contribution >= 0.6 is 0 Å². The van der Waals surface area contributed by atoms with Crippen molar-refractivity contribution in [3.05, 3.63) is 70.4 Å². The number of pyridine rings is 1. The van der Waals surface area contributed by atoms with Crippen LogP contribution in [-0.4, -0.2) is 40.5 Å². The standard InChI is InChI=1S/C27H31N3O3/c1-16(2)30-13-12-24-22(15-30)25(21-8-6-7-9-23(21)29-24)27(32)33-19(5)26(31)28-20-11-10-17(3)18(4)14-20/h6-11,14,16,19H,12-13,15H2,1-5H3,(H,28,31). The molecular weight excluding hydrogens is 414 g/mol. The zero-order valence-corrected chi connectivity index (χ0v) is 19.9. The van der Waals surface area contributed by atoms with E-state index >= 15 is 0 Å². The minimum Gasteiger partial charge on any atom is -0.449 e. The Balaban J connectivity index is 1.61. The number of hydrogen-bond donors (Lipinski definition) is 1. The Labute approximate surface area is 195 Å². The van der Waals surface area contributed by atoms with Gasteiger partial charge in [0.2, 0.25) is 0 Å². The van der Waals surface area contributed by atoms with Crippen LogP contribution in [0.3, 0.4) is 0 Å². The largest absolute Gasteiger partial charge is 0.449 e. The Kier molecular flexibility index (Phi) is 6.47. The molecule has 1 aliphatic heterocycles. The number of rotatable bonds is 5. The third-order valence-corrected chi connectivity index (χ3v) is 6.44. The predicted octanol–water partition coefficient (Wildman–Crippen LogP) is 4.80. The molecule has 0 saturated carbocycles. The van der Waals surface area contributed by atoms with E-state index in [0.717, 1.165) is 46.3 Å². The third kappa shape index (κ3) is 4.76. The summed E-state index contributed by atoms with van der Waals surface area (Å²) >= 11 is 0. The van der Waals surface area contributed by atoms with Crippen LogP contribution in [0, 0.1) is 13.8 Å². The van der Waals surface area contributed by atoms with Crippen LogP contribution in [0.4, 0.5) is 5.69 Å². The number of esters is 1. The lowest BCUT2D eigenvalue weighted by Crippen LogP contribution is -2.37. The second-order valence-corrected chi connectivity index (χ2v) is 9.08. The van der Waals surface area contributed by atoms with Crippen LogP contribution in [0.25, 0.3) is 10.9 Å². The maximum atomic E-state index is 13.4. The van der Waals surface area contributed by atoms with E-state index < -0.39 is 12.1 Å². The molecule has 2 heterocycles. The van der Waals surface area contributed by atoms with Crippen LogP contribution in [0.15, 0.2) is 42.5 Å². The van der Waals surface area contributed by atoms with Crippen LogP contribution in [-0.2, 0) is 22.5 Å². The maximum Gasteiger partial charge on any atom is 0.339 e. The highest BCUT2D eigenvalue weighted by atomic mass is 16.5. The van der Waals surface area contributed by atoms with E-state index in [1.165, 1.54) is 0 Å². The SMILES string of the molecule is Cc1ccc(NC(=O)C(C)OC(=O)c2c3c(nc4ccccc24)CCN(C(C)C)C3)cc1C. The van der Waals surface area contributed by atoms with Gasteiger partial charge in [0, 0.05) is 47.9 Å². The van der Waals surface area contributed by atoms with E-state index in [1.54, 1.807) is 6.92 Å². The van der Waals surface area contributed by atoms with Gasteiger partial charge in [0.25, 0.3) is 5.91 Å². The van der Waals surface area contributed by atoms with Crippen LogP contribution in [0.1, 0.15) is 53.5 Å². The lowest BCUT2D eigenvalue weighted by Gasteiger charge is -2.32. The van der Waals surface area contributed by atoms with Gasteiger partial charge in [0.05, 0.1) is 11.1 Å². The van der Waals surface area contributed by atoms with Gasteiger partial charge in [-0.05, 0) is 63.9 Å². The fourth-order valence-electron chi connectivity index (χ4n) is 4.22. The summed E-state index contributed by atoms with van der Waals surface area (Å²) in [7, 11) is 0. The Morgan fingerprint density at radius 2 is 1.82 bits per heavy atom. The highest BCUT2D eigenvalue weighted by Gasteiger charge is 2.29. The van der Waals surface area contributed by atoms with Crippen molar-refractivity contribution in [3.63, 3.8) is 0 Å². The second-order valence-electron chi connectivity index (χ2n) is 9.08. The molecule has 3 aromatic rings. The summed E-state index contributed by atoms with van der Waals surface area (Å²) in [6.45, 7) is 11.5. The number of carbonyl (C=O) groups excluding carboxylic acids is 2. The van der Waals surface area contributed by atoms with Crippen molar-refractivity contribution in [1.82, 2.24) is 9.88 Å². The number of aromatic nitrogens is 1. The van der Waals surface area contributed by atoms with Gasteiger partial charge in [-0.15, -0.1) is 0 Å². The number of anilines is 1. The van der Waals surface area contributed by atoms with Gasteiger partial charge in [0.1, 0.15) is 0 Å². The summed E-state index contributed by atoms with van der Waals surface area (Å²) in [4.78, 5) is 33.3. The fourth-order valence-corrected chi connectivity index (χ4v) is 4.22. The Morgan fingerprint density at radius 3 is 2.55 bits per heavy atom. The smallest absolute Gasteiger partial charge is 0.339 e. The van der Waals surface area contributed by atoms with Crippen molar-refractivity contribution in [3.8, 4) is 0 Å². The highest BCUT2D eigenvalue weighted by Crippen LogP contribution is 2.30. The molecule has 1 amide bonds. The molecule has 0 bridgehead atoms. The molecular formula is C27H31N3O3. The first-order valence-corrected chi connectivity index (χ1v) is 11.5. The summed E-state index contributed by atoms with van der Waals surface area (Å²) in [5.41, 5.74) is 6.05. The van der Waals surface area contributed by atoms with E-state index in [-0.39, 0.29) is 5.91 Å². The molecule has 1 aromatic heterocycles. The van der Waals surface area contributed by atoms with E-state index in [9.17, 15) is 9.59 Å². The first kappa shape index (κ1) is 22.9. The molecule has 4 rings (SSSR count). The van der Waals surface area contributed by atoms with E-state index in [0.29, 0.717) is 23.8 Å². The minimum absolute atomic E-state index is 0.358. The number of para-hydroxylation sites is 1. The number of hydrogen-bond acceptors (Lipinski definition) is 5. The van der Waals surface area contributed by atoms with E-state index in [4.69, 9.17) is 9.72 Å². The number of fused-ring (bicyclic) bond motifs is 2. The number of benzene rings is 2. The molecule has 1 N–H and O–H groups in total. The minimum atomic E-state index is -0.938. The monoisotopic (exact) mass is 445 g/mol. The normalized spacial score (nSPS) is 14.7. The third-order valence-electron chi connectivity index (χ3n) is 6.44. The van der Waals surface area contributed by atoms with Crippen LogP contribution in [0.2, 0.25) is 0 Å². The van der Waals surface area contributed by atoms with Gasteiger partial charge in [-0.3, -0.25) is 14.7 Å². The first-order chi connectivity index (χ1) is 15.7. The van der Waals surface area contributed by atoms with Crippen LogP contribution in [0.5, 0.6) is 0 Å². The van der Waals surface area contributed by atoms with E-state index in [1.807, 2.05) is 56.3 Å². The summed E-state index contributed by atoms with van der Waals surface area (Å²) in [5, 5.41) is 3.61. The maximum absolute atomic E-state index is 13.4. The summed E-state index contributed by atoms with van der Waals surface area (Å²) in [5.74, 6) is -0.846. The van der Waals surface area contributed by atoms with Crippen molar-refractivity contribution in [2.45, 2.75) is 59.7 Å². The van der Waals surface area contributed by atoms with Gasteiger partial charge < -0.3 is 10.1 Å². The molecule has 0 spiro atoms. The summed E-state index contributed by atoms with van der Waals surface area (Å²) in [6.07, 6.45) is -0.159. The van der Waals surface area contributed by atoms with Crippen LogP contribution < -0.4 is 5.32 Å². The van der Waals surface area contributed by atoms with Gasteiger partial charge in [0.15, 0.2) is 6.10 Å². The molecule has 1 aliphatic rings. The molecule has 0 aliphatic carbocycles. The van der Waals surface area contributed by atoms with Crippen molar-refractivity contribution in [1.29, 1.82) is 0 Å². The molecule has 0 radical (unpaired) electrons. The molecule has 0 saturated heterocycles.